The lowest BCUT2D eigenvalue weighted by atomic mass is 10.1. The maximum Gasteiger partial charge on any atom is 0.177 e. The van der Waals surface area contributed by atoms with Crippen LogP contribution in [0.4, 0.5) is 0 Å². The van der Waals surface area contributed by atoms with Gasteiger partial charge in [0.15, 0.2) is 5.82 Å². The summed E-state index contributed by atoms with van der Waals surface area (Å²) in [5.41, 5.74) is 3.98. The maximum absolute atomic E-state index is 10.2. The Balaban J connectivity index is 0.00000259. The molecule has 2 aliphatic rings. The number of aryl methyl sites for hydroxylation is 1. The molecule has 0 atom stereocenters. The minimum atomic E-state index is 0. The quantitative estimate of drug-likeness (QED) is 0.316. The molecule has 0 unspecified atom stereocenters. The van der Waals surface area contributed by atoms with Crippen molar-refractivity contribution in [3.63, 3.8) is 0 Å². The van der Waals surface area contributed by atoms with Crippen LogP contribution >= 0.6 is 44.7 Å². The van der Waals surface area contributed by atoms with Crippen molar-refractivity contribution in [2.75, 3.05) is 0 Å². The number of halogens is 2. The number of hydrogen-bond acceptors (Lipinski definition) is 5. The van der Waals surface area contributed by atoms with Crippen molar-refractivity contribution in [1.82, 2.24) is 19.7 Å². The van der Waals surface area contributed by atoms with E-state index in [2.05, 4.69) is 83.5 Å². The van der Waals surface area contributed by atoms with E-state index in [0.717, 1.165) is 52.4 Å². The molecule has 0 radical (unpaired) electrons. The summed E-state index contributed by atoms with van der Waals surface area (Å²) in [5, 5.41) is 22.2. The number of nitrogens with zero attached hydrogens (tertiary/aromatic N) is 5. The van der Waals surface area contributed by atoms with Crippen LogP contribution in [0.1, 0.15) is 42.0 Å². The van der Waals surface area contributed by atoms with Crippen molar-refractivity contribution in [2.45, 2.75) is 38.8 Å². The molecule has 3 heterocycles. The molecular formula is C25H23Br2N5S. The van der Waals surface area contributed by atoms with Crippen molar-refractivity contribution >= 4 is 55.9 Å². The van der Waals surface area contributed by atoms with Crippen LogP contribution in [-0.4, -0.2) is 19.7 Å². The Kier molecular flexibility index (Phi) is 7.74. The summed E-state index contributed by atoms with van der Waals surface area (Å²) in [6.07, 6.45) is 4.33. The molecule has 0 N–H and O–H groups in total. The zero-order chi connectivity index (χ0) is 21.9. The number of fused-ring (bicyclic) bond motifs is 1. The van der Waals surface area contributed by atoms with Crippen molar-refractivity contribution in [1.29, 1.82) is 5.26 Å². The number of allylic oxidation sites excluding steroid dienone is 1. The zero-order valence-corrected chi connectivity index (χ0v) is 22.1. The molecule has 0 saturated carbocycles. The monoisotopic (exact) mass is 583 g/mol. The smallest absolute Gasteiger partial charge is 0.177 e. The zero-order valence-electron chi connectivity index (χ0n) is 17.9. The van der Waals surface area contributed by atoms with Crippen LogP contribution in [0.25, 0.3) is 11.3 Å². The summed E-state index contributed by atoms with van der Waals surface area (Å²) in [7, 11) is 0. The molecule has 5 rings (SSSR count). The lowest BCUT2D eigenvalue weighted by Crippen LogP contribution is -2.18. The summed E-state index contributed by atoms with van der Waals surface area (Å²) in [5.74, 6) is 1.68. The van der Waals surface area contributed by atoms with Gasteiger partial charge in [0.1, 0.15) is 22.5 Å². The second-order valence-corrected chi connectivity index (χ2v) is 9.67. The first kappa shape index (κ1) is 23.8. The Labute approximate surface area is 217 Å². The number of thioether (sulfide) groups is 1. The molecule has 0 bridgehead atoms. The average molecular weight is 585 g/mol. The molecule has 2 aliphatic heterocycles. The fourth-order valence-electron chi connectivity index (χ4n) is 4.17. The SMILES string of the molecule is Br.N#C/C(=C1/SC=C(c2ccc(Br)cc2)N1Cc1ccccc1)c1nnc2n1CCCCC2. The number of benzene rings is 2. The molecule has 0 amide bonds. The predicted octanol–water partition coefficient (Wildman–Crippen LogP) is 6.78. The first-order chi connectivity index (χ1) is 15.7. The second-order valence-electron chi connectivity index (χ2n) is 7.89. The van der Waals surface area contributed by atoms with Crippen molar-refractivity contribution in [2.24, 2.45) is 0 Å². The van der Waals surface area contributed by atoms with Gasteiger partial charge in [-0.3, -0.25) is 0 Å². The van der Waals surface area contributed by atoms with Crippen LogP contribution in [0.5, 0.6) is 0 Å². The second kappa shape index (κ2) is 10.7. The normalized spacial score (nSPS) is 16.8. The van der Waals surface area contributed by atoms with Crippen LogP contribution in [0, 0.1) is 11.3 Å². The summed E-state index contributed by atoms with van der Waals surface area (Å²) < 4.78 is 3.19. The Morgan fingerprint density at radius 1 is 1.03 bits per heavy atom. The van der Waals surface area contributed by atoms with Gasteiger partial charge in [-0.15, -0.1) is 27.2 Å². The first-order valence-corrected chi connectivity index (χ1v) is 12.4. The van der Waals surface area contributed by atoms with Crippen LogP contribution in [0.15, 0.2) is 69.5 Å². The summed E-state index contributed by atoms with van der Waals surface area (Å²) in [4.78, 5) is 2.24. The van der Waals surface area contributed by atoms with E-state index in [4.69, 9.17) is 0 Å². The van der Waals surface area contributed by atoms with E-state index in [0.29, 0.717) is 17.9 Å². The molecule has 0 fully saturated rings. The largest absolute Gasteiger partial charge is 0.329 e. The molecule has 5 nitrogen and oxygen atoms in total. The van der Waals surface area contributed by atoms with Gasteiger partial charge in [-0.25, -0.2) is 0 Å². The predicted molar refractivity (Wildman–Crippen MR) is 142 cm³/mol. The van der Waals surface area contributed by atoms with E-state index in [1.165, 1.54) is 12.0 Å². The molecular weight excluding hydrogens is 562 g/mol. The van der Waals surface area contributed by atoms with Crippen LogP contribution < -0.4 is 0 Å². The minimum Gasteiger partial charge on any atom is -0.329 e. The standard InChI is InChI=1S/C25H22BrN5S.BrH/c26-20-12-10-19(11-13-20)22-17-32-25(31(22)16-18-7-3-1-4-8-18)21(15-27)24-29-28-23-9-5-2-6-14-30(23)24;/h1,3-4,7-8,10-13,17H,2,5-6,9,14,16H2;1H/b25-21-;. The van der Waals surface area contributed by atoms with Gasteiger partial charge >= 0.3 is 0 Å². The third-order valence-corrected chi connectivity index (χ3v) is 7.32. The molecule has 8 heteroatoms. The van der Waals surface area contributed by atoms with Crippen LogP contribution in [0.2, 0.25) is 0 Å². The van der Waals surface area contributed by atoms with Crippen LogP contribution in [-0.2, 0) is 19.5 Å². The van der Waals surface area contributed by atoms with Crippen LogP contribution in [0.3, 0.4) is 0 Å². The Morgan fingerprint density at radius 2 is 1.82 bits per heavy atom. The van der Waals surface area contributed by atoms with Crippen molar-refractivity contribution in [3.05, 3.63) is 92.3 Å². The number of rotatable bonds is 4. The molecule has 0 spiro atoms. The molecule has 33 heavy (non-hydrogen) atoms. The number of nitriles is 1. The van der Waals surface area contributed by atoms with E-state index in [1.807, 2.05) is 18.2 Å². The first-order valence-electron chi connectivity index (χ1n) is 10.8. The van der Waals surface area contributed by atoms with Gasteiger partial charge in [0.05, 0.1) is 5.70 Å². The lowest BCUT2D eigenvalue weighted by molar-refractivity contribution is 0.521. The molecule has 0 aliphatic carbocycles. The van der Waals surface area contributed by atoms with Gasteiger partial charge in [0, 0.05) is 29.4 Å². The lowest BCUT2D eigenvalue weighted by Gasteiger charge is -2.25. The average Bonchev–Trinajstić information content (AvgIpc) is 3.32. The minimum absolute atomic E-state index is 0. The molecule has 2 aromatic carbocycles. The Bertz CT molecular complexity index is 1230. The van der Waals surface area contributed by atoms with Crippen molar-refractivity contribution < 1.29 is 0 Å². The van der Waals surface area contributed by atoms with Gasteiger partial charge in [0.25, 0.3) is 0 Å². The third kappa shape index (κ3) is 4.96. The highest BCUT2D eigenvalue weighted by Crippen LogP contribution is 2.44. The highest BCUT2D eigenvalue weighted by molar-refractivity contribution is 9.10. The summed E-state index contributed by atoms with van der Waals surface area (Å²) >= 11 is 5.12. The summed E-state index contributed by atoms with van der Waals surface area (Å²) in [6, 6.07) is 21.1. The van der Waals surface area contributed by atoms with Gasteiger partial charge < -0.3 is 9.47 Å². The Morgan fingerprint density at radius 3 is 2.58 bits per heavy atom. The van der Waals surface area contributed by atoms with E-state index < -0.39 is 0 Å². The topological polar surface area (TPSA) is 57.7 Å². The fraction of sp³-hybridized carbons (Fsp3) is 0.240. The summed E-state index contributed by atoms with van der Waals surface area (Å²) in [6.45, 7) is 1.55. The third-order valence-electron chi connectivity index (χ3n) is 5.80. The van der Waals surface area contributed by atoms with E-state index >= 15 is 0 Å². The molecule has 168 valence electrons. The fourth-order valence-corrected chi connectivity index (χ4v) is 5.47. The molecule has 3 aromatic rings. The van der Waals surface area contributed by atoms with Gasteiger partial charge in [-0.1, -0.05) is 76.6 Å². The van der Waals surface area contributed by atoms with Crippen molar-refractivity contribution in [3.8, 4) is 6.07 Å². The molecule has 1 aromatic heterocycles. The Hall–Kier alpha value is -2.34. The number of aromatic nitrogens is 3. The van der Waals surface area contributed by atoms with E-state index in [1.54, 1.807) is 11.8 Å². The molecule has 0 saturated heterocycles. The highest BCUT2D eigenvalue weighted by atomic mass is 79.9. The van der Waals surface area contributed by atoms with E-state index in [9.17, 15) is 5.26 Å². The van der Waals surface area contributed by atoms with Gasteiger partial charge in [-0.05, 0) is 36.1 Å². The maximum atomic E-state index is 10.2. The van der Waals surface area contributed by atoms with E-state index in [-0.39, 0.29) is 17.0 Å². The van der Waals surface area contributed by atoms with Gasteiger partial charge in [-0.2, -0.15) is 5.26 Å². The highest BCUT2D eigenvalue weighted by Gasteiger charge is 2.29. The van der Waals surface area contributed by atoms with Gasteiger partial charge in [0.2, 0.25) is 0 Å². The number of hydrogen-bond donors (Lipinski definition) is 0.